The van der Waals surface area contributed by atoms with Gasteiger partial charge in [0.2, 0.25) is 0 Å². The van der Waals surface area contributed by atoms with Crippen LogP contribution in [0.15, 0.2) is 36.4 Å². The molecule has 4 nitrogen and oxygen atoms in total. The molecule has 2 aromatic rings. The fraction of sp³-hybridized carbons (Fsp3) is 0.200. The van der Waals surface area contributed by atoms with Gasteiger partial charge in [-0.3, -0.25) is 10.1 Å². The van der Waals surface area contributed by atoms with Crippen molar-refractivity contribution >= 4 is 21.6 Å². The molecule has 0 atom stereocenters. The fourth-order valence-corrected chi connectivity index (χ4v) is 2.19. The molecule has 0 N–H and O–H groups in total. The second-order valence-electron chi connectivity index (χ2n) is 4.54. The maximum absolute atomic E-state index is 10.8. The van der Waals surface area contributed by atoms with Crippen LogP contribution in [-0.2, 0) is 5.33 Å². The molecule has 2 aromatic carbocycles. The maximum Gasteiger partial charge on any atom is 0.273 e. The number of nitrogens with zero attached hydrogens (tertiary/aromatic N) is 1. The lowest BCUT2D eigenvalue weighted by Crippen LogP contribution is -1.94. The predicted octanol–water partition coefficient (Wildman–Crippen LogP) is 4.90. The zero-order chi connectivity index (χ0) is 14.7. The molecular weight excluding hydrogens is 322 g/mol. The van der Waals surface area contributed by atoms with Crippen LogP contribution in [0.3, 0.4) is 0 Å². The molecule has 2 rings (SSSR count). The molecule has 5 heteroatoms. The zero-order valence-corrected chi connectivity index (χ0v) is 12.8. The summed E-state index contributed by atoms with van der Waals surface area (Å²) >= 11 is 3.40. The Kier molecular flexibility index (Phi) is 4.39. The van der Waals surface area contributed by atoms with E-state index in [2.05, 4.69) is 15.9 Å². The minimum absolute atomic E-state index is 0.0281. The maximum atomic E-state index is 10.8. The minimum Gasteiger partial charge on any atom is -0.457 e. The van der Waals surface area contributed by atoms with Gasteiger partial charge in [-0.15, -0.1) is 0 Å². The van der Waals surface area contributed by atoms with Crippen LogP contribution in [0.5, 0.6) is 11.5 Å². The molecule has 104 valence electrons. The molecule has 20 heavy (non-hydrogen) atoms. The molecule has 0 unspecified atom stereocenters. The van der Waals surface area contributed by atoms with E-state index in [1.54, 1.807) is 6.07 Å². The quantitative estimate of drug-likeness (QED) is 0.453. The minimum atomic E-state index is -0.424. The lowest BCUT2D eigenvalue weighted by Gasteiger charge is -2.11. The SMILES string of the molecule is Cc1cc(CBr)ccc1Oc1cc([N+](=O)[O-])ccc1C. The van der Waals surface area contributed by atoms with E-state index in [1.165, 1.54) is 12.1 Å². The fourth-order valence-electron chi connectivity index (χ4n) is 1.84. The van der Waals surface area contributed by atoms with Crippen LogP contribution in [0, 0.1) is 24.0 Å². The van der Waals surface area contributed by atoms with Crippen molar-refractivity contribution in [3.63, 3.8) is 0 Å². The summed E-state index contributed by atoms with van der Waals surface area (Å²) in [6.07, 6.45) is 0. The summed E-state index contributed by atoms with van der Waals surface area (Å²) in [6, 6.07) is 10.5. The van der Waals surface area contributed by atoms with Gasteiger partial charge >= 0.3 is 0 Å². The molecule has 0 radical (unpaired) electrons. The van der Waals surface area contributed by atoms with Crippen LogP contribution in [0.2, 0.25) is 0 Å². The molecule has 0 saturated carbocycles. The first-order valence-corrected chi connectivity index (χ1v) is 7.22. The van der Waals surface area contributed by atoms with E-state index in [1.807, 2.05) is 32.0 Å². The van der Waals surface area contributed by atoms with Crippen molar-refractivity contribution in [1.82, 2.24) is 0 Å². The standard InChI is InChI=1S/C15H14BrNO3/c1-10-3-5-13(17(18)19)8-15(10)20-14-6-4-12(9-16)7-11(14)2/h3-8H,9H2,1-2H3. The number of ether oxygens (including phenoxy) is 1. The molecule has 0 aromatic heterocycles. The molecule has 0 aliphatic carbocycles. The van der Waals surface area contributed by atoms with Crippen molar-refractivity contribution in [2.75, 3.05) is 0 Å². The van der Waals surface area contributed by atoms with Crippen molar-refractivity contribution in [3.05, 3.63) is 63.2 Å². The number of benzene rings is 2. The van der Waals surface area contributed by atoms with E-state index in [0.29, 0.717) is 11.5 Å². The molecular formula is C15H14BrNO3. The summed E-state index contributed by atoms with van der Waals surface area (Å²) in [6.45, 7) is 3.81. The van der Waals surface area contributed by atoms with Crippen molar-refractivity contribution in [3.8, 4) is 11.5 Å². The van der Waals surface area contributed by atoms with Crippen LogP contribution >= 0.6 is 15.9 Å². The van der Waals surface area contributed by atoms with Gasteiger partial charge in [0.25, 0.3) is 5.69 Å². The van der Waals surface area contributed by atoms with Gasteiger partial charge in [0.15, 0.2) is 0 Å². The number of hydrogen-bond acceptors (Lipinski definition) is 3. The molecule has 0 aliphatic rings. The average molecular weight is 336 g/mol. The predicted molar refractivity (Wildman–Crippen MR) is 81.7 cm³/mol. The number of halogens is 1. The largest absolute Gasteiger partial charge is 0.457 e. The smallest absolute Gasteiger partial charge is 0.273 e. The van der Waals surface area contributed by atoms with Crippen LogP contribution < -0.4 is 4.74 Å². The van der Waals surface area contributed by atoms with E-state index in [9.17, 15) is 10.1 Å². The van der Waals surface area contributed by atoms with Gasteiger partial charge in [0.05, 0.1) is 11.0 Å². The summed E-state index contributed by atoms with van der Waals surface area (Å²) in [7, 11) is 0. The summed E-state index contributed by atoms with van der Waals surface area (Å²) in [5.41, 5.74) is 3.04. The molecule has 0 spiro atoms. The van der Waals surface area contributed by atoms with Gasteiger partial charge in [-0.05, 0) is 42.7 Å². The Morgan fingerprint density at radius 3 is 2.45 bits per heavy atom. The Bertz CT molecular complexity index is 656. The summed E-state index contributed by atoms with van der Waals surface area (Å²) in [4.78, 5) is 10.4. The molecule has 0 saturated heterocycles. The summed E-state index contributed by atoms with van der Waals surface area (Å²) < 4.78 is 5.81. The lowest BCUT2D eigenvalue weighted by molar-refractivity contribution is -0.384. The normalized spacial score (nSPS) is 10.3. The third kappa shape index (κ3) is 3.17. The Morgan fingerprint density at radius 1 is 1.10 bits per heavy atom. The molecule has 0 aliphatic heterocycles. The number of nitro benzene ring substituents is 1. The first-order chi connectivity index (χ1) is 9.51. The highest BCUT2D eigenvalue weighted by Crippen LogP contribution is 2.31. The molecule has 0 amide bonds. The van der Waals surface area contributed by atoms with Crippen molar-refractivity contribution in [2.24, 2.45) is 0 Å². The van der Waals surface area contributed by atoms with Crippen LogP contribution in [0.4, 0.5) is 5.69 Å². The number of non-ortho nitro benzene ring substituents is 1. The Morgan fingerprint density at radius 2 is 1.85 bits per heavy atom. The summed E-state index contributed by atoms with van der Waals surface area (Å²) in [5, 5.41) is 11.6. The third-order valence-electron chi connectivity index (χ3n) is 3.00. The number of nitro groups is 1. The van der Waals surface area contributed by atoms with Crippen molar-refractivity contribution in [2.45, 2.75) is 19.2 Å². The van der Waals surface area contributed by atoms with E-state index < -0.39 is 4.92 Å². The second-order valence-corrected chi connectivity index (χ2v) is 5.10. The van der Waals surface area contributed by atoms with Crippen molar-refractivity contribution < 1.29 is 9.66 Å². The number of rotatable bonds is 4. The second kappa shape index (κ2) is 6.05. The number of hydrogen-bond donors (Lipinski definition) is 0. The van der Waals surface area contributed by atoms with Crippen molar-refractivity contribution in [1.29, 1.82) is 0 Å². The lowest BCUT2D eigenvalue weighted by atomic mass is 10.1. The van der Waals surface area contributed by atoms with Gasteiger partial charge < -0.3 is 4.74 Å². The zero-order valence-electron chi connectivity index (χ0n) is 11.2. The Hall–Kier alpha value is -1.88. The van der Waals surface area contributed by atoms with Gasteiger partial charge in [0, 0.05) is 11.4 Å². The number of aryl methyl sites for hydroxylation is 2. The van der Waals surface area contributed by atoms with E-state index in [0.717, 1.165) is 22.0 Å². The van der Waals surface area contributed by atoms with E-state index in [-0.39, 0.29) is 5.69 Å². The third-order valence-corrected chi connectivity index (χ3v) is 3.64. The van der Waals surface area contributed by atoms with Gasteiger partial charge in [-0.1, -0.05) is 28.1 Å². The Balaban J connectivity index is 2.34. The highest BCUT2D eigenvalue weighted by atomic mass is 79.9. The first kappa shape index (κ1) is 14.5. The number of alkyl halides is 1. The monoisotopic (exact) mass is 335 g/mol. The van der Waals surface area contributed by atoms with Gasteiger partial charge in [-0.25, -0.2) is 0 Å². The van der Waals surface area contributed by atoms with Crippen LogP contribution in [-0.4, -0.2) is 4.92 Å². The topological polar surface area (TPSA) is 52.4 Å². The molecule has 0 heterocycles. The van der Waals surface area contributed by atoms with Crippen LogP contribution in [0.1, 0.15) is 16.7 Å². The highest BCUT2D eigenvalue weighted by Gasteiger charge is 2.11. The van der Waals surface area contributed by atoms with Crippen LogP contribution in [0.25, 0.3) is 0 Å². The van der Waals surface area contributed by atoms with E-state index >= 15 is 0 Å². The highest BCUT2D eigenvalue weighted by molar-refractivity contribution is 9.08. The van der Waals surface area contributed by atoms with Gasteiger partial charge in [0.1, 0.15) is 11.5 Å². The summed E-state index contributed by atoms with van der Waals surface area (Å²) in [5.74, 6) is 1.21. The molecule has 0 fully saturated rings. The first-order valence-electron chi connectivity index (χ1n) is 6.09. The molecule has 0 bridgehead atoms. The van der Waals surface area contributed by atoms with Gasteiger partial charge in [-0.2, -0.15) is 0 Å². The Labute approximate surface area is 125 Å². The average Bonchev–Trinajstić information content (AvgIpc) is 2.42. The van der Waals surface area contributed by atoms with E-state index in [4.69, 9.17) is 4.74 Å².